The van der Waals surface area contributed by atoms with Crippen molar-refractivity contribution in [2.24, 2.45) is 0 Å². The van der Waals surface area contributed by atoms with Crippen molar-refractivity contribution >= 4 is 28.8 Å². The lowest BCUT2D eigenvalue weighted by Gasteiger charge is -2.38. The summed E-state index contributed by atoms with van der Waals surface area (Å²) in [5.74, 6) is 0.783. The summed E-state index contributed by atoms with van der Waals surface area (Å²) in [5, 5.41) is 3.97. The van der Waals surface area contributed by atoms with E-state index in [0.717, 1.165) is 60.2 Å². The summed E-state index contributed by atoms with van der Waals surface area (Å²) < 4.78 is 12.2. The molecule has 0 unspecified atom stereocenters. The van der Waals surface area contributed by atoms with Crippen molar-refractivity contribution in [1.29, 1.82) is 0 Å². The van der Waals surface area contributed by atoms with Crippen LogP contribution in [0.5, 0.6) is 5.75 Å². The number of rotatable bonds is 9. The molecule has 7 heteroatoms. The van der Waals surface area contributed by atoms with Crippen LogP contribution in [-0.2, 0) is 6.42 Å². The monoisotopic (exact) mass is 495 g/mol. The molecule has 2 aromatic rings. The number of fused-ring (bicyclic) bond motifs is 3. The minimum absolute atomic E-state index is 0.0193. The second-order valence-corrected chi connectivity index (χ2v) is 10.5. The van der Waals surface area contributed by atoms with Crippen LogP contribution in [0.4, 0.5) is 10.5 Å². The lowest BCUT2D eigenvalue weighted by atomic mass is 9.95. The number of unbranched alkanes of at least 4 members (excludes halogenated alkanes) is 4. The number of carbonyl (C=O) groups excluding carboxylic acids is 1. The number of benzene rings is 1. The van der Waals surface area contributed by atoms with Gasteiger partial charge in [-0.2, -0.15) is 0 Å². The number of nitrogens with one attached hydrogen (secondary N) is 1. The summed E-state index contributed by atoms with van der Waals surface area (Å²) in [6.07, 6.45) is 11.8. The standard InChI is InChI=1S/C29H41N3O4/c1-5-7-8-9-10-14-30-28(34)32-17-15-31(16-18-32)23-20-24-26(21(11-6-2)19-25(33)35-24)27-22(23)12-13-29(3,4)36-27/h12-13,19-20H,5-11,14-18H2,1-4H3,(H,30,34). The number of nitrogens with zero attached hydrogens (tertiary/aromatic N) is 2. The Morgan fingerprint density at radius 2 is 1.78 bits per heavy atom. The van der Waals surface area contributed by atoms with E-state index in [-0.39, 0.29) is 11.7 Å². The molecule has 36 heavy (non-hydrogen) atoms. The number of piperazine rings is 1. The first-order valence-corrected chi connectivity index (χ1v) is 13.6. The first-order valence-electron chi connectivity index (χ1n) is 13.6. The van der Waals surface area contributed by atoms with Crippen molar-refractivity contribution < 1.29 is 13.9 Å². The molecular formula is C29H41N3O4. The van der Waals surface area contributed by atoms with Crippen LogP contribution in [0.25, 0.3) is 17.0 Å². The molecule has 0 aliphatic carbocycles. The van der Waals surface area contributed by atoms with Crippen molar-refractivity contribution in [2.45, 2.75) is 78.2 Å². The van der Waals surface area contributed by atoms with Gasteiger partial charge in [0.1, 0.15) is 16.9 Å². The van der Waals surface area contributed by atoms with E-state index >= 15 is 0 Å². The topological polar surface area (TPSA) is 75.0 Å². The molecule has 3 heterocycles. The molecule has 1 aromatic heterocycles. The molecule has 1 fully saturated rings. The third kappa shape index (κ3) is 5.88. The minimum Gasteiger partial charge on any atom is -0.482 e. The first kappa shape index (κ1) is 26.1. The van der Waals surface area contributed by atoms with Crippen molar-refractivity contribution in [3.05, 3.63) is 39.8 Å². The second kappa shape index (κ2) is 11.4. The SMILES string of the molecule is CCCCCCCNC(=O)N1CCN(c2cc3oc(=O)cc(CCC)c3c3c2C=CC(C)(C)O3)CC1. The maximum Gasteiger partial charge on any atom is 0.336 e. The van der Waals surface area contributed by atoms with Crippen molar-refractivity contribution in [2.75, 3.05) is 37.6 Å². The lowest BCUT2D eigenvalue weighted by molar-refractivity contribution is 0.161. The van der Waals surface area contributed by atoms with Crippen LogP contribution in [0.3, 0.4) is 0 Å². The van der Waals surface area contributed by atoms with E-state index < -0.39 is 5.60 Å². The predicted molar refractivity (Wildman–Crippen MR) is 146 cm³/mol. The molecule has 1 N–H and O–H groups in total. The van der Waals surface area contributed by atoms with Crippen LogP contribution in [0, 0.1) is 0 Å². The lowest BCUT2D eigenvalue weighted by Crippen LogP contribution is -2.52. The Labute approximate surface area is 214 Å². The molecule has 0 spiro atoms. The van der Waals surface area contributed by atoms with Gasteiger partial charge in [-0.05, 0) is 44.4 Å². The zero-order chi connectivity index (χ0) is 25.7. The highest BCUT2D eigenvalue weighted by molar-refractivity contribution is 5.96. The quantitative estimate of drug-likeness (QED) is 0.355. The number of amides is 2. The number of anilines is 1. The number of ether oxygens (including phenoxy) is 1. The maximum atomic E-state index is 12.7. The van der Waals surface area contributed by atoms with Crippen LogP contribution in [-0.4, -0.2) is 49.3 Å². The van der Waals surface area contributed by atoms with Gasteiger partial charge in [0, 0.05) is 50.4 Å². The third-order valence-corrected chi connectivity index (χ3v) is 7.09. The summed E-state index contributed by atoms with van der Waals surface area (Å²) in [5.41, 5.74) is 2.74. The van der Waals surface area contributed by atoms with Crippen molar-refractivity contribution in [1.82, 2.24) is 10.2 Å². The first-order chi connectivity index (χ1) is 17.3. The predicted octanol–water partition coefficient (Wildman–Crippen LogP) is 5.73. The highest BCUT2D eigenvalue weighted by atomic mass is 16.5. The Balaban J connectivity index is 1.53. The average molecular weight is 496 g/mol. The zero-order valence-corrected chi connectivity index (χ0v) is 22.3. The molecule has 2 aliphatic rings. The number of urea groups is 1. The smallest absolute Gasteiger partial charge is 0.336 e. The summed E-state index contributed by atoms with van der Waals surface area (Å²) in [7, 11) is 0. The van der Waals surface area contributed by atoms with E-state index in [4.69, 9.17) is 9.15 Å². The van der Waals surface area contributed by atoms with Gasteiger partial charge in [0.15, 0.2) is 0 Å². The molecule has 2 aliphatic heterocycles. The fourth-order valence-corrected chi connectivity index (χ4v) is 5.14. The van der Waals surface area contributed by atoms with Crippen molar-refractivity contribution in [3.8, 4) is 5.75 Å². The zero-order valence-electron chi connectivity index (χ0n) is 22.3. The van der Waals surface area contributed by atoms with E-state index in [9.17, 15) is 9.59 Å². The van der Waals surface area contributed by atoms with E-state index in [1.807, 2.05) is 24.8 Å². The maximum absolute atomic E-state index is 12.7. The van der Waals surface area contributed by atoms with Gasteiger partial charge in [-0.3, -0.25) is 0 Å². The highest BCUT2D eigenvalue weighted by Crippen LogP contribution is 2.44. The van der Waals surface area contributed by atoms with Crippen LogP contribution in [0.1, 0.15) is 77.3 Å². The number of hydrogen-bond acceptors (Lipinski definition) is 5. The van der Waals surface area contributed by atoms with Gasteiger partial charge in [-0.15, -0.1) is 0 Å². The van der Waals surface area contributed by atoms with Gasteiger partial charge >= 0.3 is 11.7 Å². The van der Waals surface area contributed by atoms with E-state index in [1.165, 1.54) is 19.3 Å². The Morgan fingerprint density at radius 1 is 1.03 bits per heavy atom. The molecule has 1 saturated heterocycles. The number of hydrogen-bond donors (Lipinski definition) is 1. The largest absolute Gasteiger partial charge is 0.482 e. The van der Waals surface area contributed by atoms with Gasteiger partial charge < -0.3 is 24.3 Å². The van der Waals surface area contributed by atoms with Crippen molar-refractivity contribution in [3.63, 3.8) is 0 Å². The Bertz CT molecular complexity index is 1160. The molecule has 0 bridgehead atoms. The number of aryl methyl sites for hydroxylation is 1. The molecule has 196 valence electrons. The Hall–Kier alpha value is -2.96. The molecule has 2 amide bonds. The normalized spacial score (nSPS) is 16.7. The summed E-state index contributed by atoms with van der Waals surface area (Å²) in [4.78, 5) is 29.2. The molecule has 0 saturated carbocycles. The highest BCUT2D eigenvalue weighted by Gasteiger charge is 2.30. The molecular weight excluding hydrogens is 454 g/mol. The summed E-state index contributed by atoms with van der Waals surface area (Å²) in [6, 6.07) is 3.60. The summed E-state index contributed by atoms with van der Waals surface area (Å²) >= 11 is 0. The third-order valence-electron chi connectivity index (χ3n) is 7.09. The second-order valence-electron chi connectivity index (χ2n) is 10.5. The molecule has 1 aromatic carbocycles. The number of carbonyl (C=O) groups is 1. The van der Waals surface area contributed by atoms with Crippen LogP contribution in [0.2, 0.25) is 0 Å². The van der Waals surface area contributed by atoms with Gasteiger partial charge in [0.25, 0.3) is 0 Å². The Morgan fingerprint density at radius 3 is 2.50 bits per heavy atom. The average Bonchev–Trinajstić information content (AvgIpc) is 2.85. The van der Waals surface area contributed by atoms with Gasteiger partial charge in [-0.25, -0.2) is 9.59 Å². The molecule has 7 nitrogen and oxygen atoms in total. The van der Waals surface area contributed by atoms with Crippen LogP contribution in [0.15, 0.2) is 27.4 Å². The Kier molecular flexibility index (Phi) is 8.27. The van der Waals surface area contributed by atoms with E-state index in [1.54, 1.807) is 6.07 Å². The van der Waals surface area contributed by atoms with Crippen LogP contribution < -0.4 is 20.6 Å². The summed E-state index contributed by atoms with van der Waals surface area (Å²) in [6.45, 7) is 11.8. The van der Waals surface area contributed by atoms with Gasteiger partial charge in [0.2, 0.25) is 0 Å². The van der Waals surface area contributed by atoms with E-state index in [2.05, 4.69) is 36.2 Å². The van der Waals surface area contributed by atoms with Crippen LogP contribution >= 0.6 is 0 Å². The van der Waals surface area contributed by atoms with E-state index in [0.29, 0.717) is 31.8 Å². The molecule has 0 radical (unpaired) electrons. The van der Waals surface area contributed by atoms with Gasteiger partial charge in [0.05, 0.1) is 11.1 Å². The molecule has 4 rings (SSSR count). The minimum atomic E-state index is -0.453. The fourth-order valence-electron chi connectivity index (χ4n) is 5.14. The fraction of sp³-hybridized carbons (Fsp3) is 0.586. The van der Waals surface area contributed by atoms with Gasteiger partial charge in [-0.1, -0.05) is 46.0 Å². The molecule has 0 atom stereocenters.